The van der Waals surface area contributed by atoms with Crippen molar-refractivity contribution in [1.82, 2.24) is 0 Å². The summed E-state index contributed by atoms with van der Waals surface area (Å²) >= 11 is 11.5. The van der Waals surface area contributed by atoms with E-state index in [1.807, 2.05) is 6.07 Å². The van der Waals surface area contributed by atoms with Crippen LogP contribution in [0.5, 0.6) is 0 Å². The molecular formula is C9H8Cl2NOP. The molecular weight excluding hydrogens is 240 g/mol. The highest BCUT2D eigenvalue weighted by molar-refractivity contribution is 7.95. The van der Waals surface area contributed by atoms with Gasteiger partial charge in [-0.1, -0.05) is 11.6 Å². The molecule has 5 heteroatoms. The number of benzene rings is 1. The van der Waals surface area contributed by atoms with Gasteiger partial charge in [0.2, 0.25) is 0 Å². The minimum atomic E-state index is -2.89. The van der Waals surface area contributed by atoms with Crippen LogP contribution in [0.25, 0.3) is 0 Å². The van der Waals surface area contributed by atoms with Crippen LogP contribution in [0.15, 0.2) is 24.3 Å². The quantitative estimate of drug-likeness (QED) is 0.769. The first-order chi connectivity index (χ1) is 6.56. The van der Waals surface area contributed by atoms with Gasteiger partial charge in [-0.2, -0.15) is 5.26 Å². The maximum Gasteiger partial charge on any atom is 0.198 e. The molecule has 74 valence electrons. The van der Waals surface area contributed by atoms with E-state index in [0.717, 1.165) is 0 Å². The smallest absolute Gasteiger partial charge is 0.198 e. The van der Waals surface area contributed by atoms with Crippen molar-refractivity contribution in [3.63, 3.8) is 0 Å². The van der Waals surface area contributed by atoms with Crippen molar-refractivity contribution in [2.24, 2.45) is 0 Å². The van der Waals surface area contributed by atoms with Crippen molar-refractivity contribution >= 4 is 34.6 Å². The lowest BCUT2D eigenvalue weighted by Crippen LogP contribution is -2.02. The summed E-state index contributed by atoms with van der Waals surface area (Å²) in [4.78, 5) is 0. The minimum absolute atomic E-state index is 0.198. The van der Waals surface area contributed by atoms with Crippen LogP contribution in [0.2, 0.25) is 5.02 Å². The van der Waals surface area contributed by atoms with E-state index in [2.05, 4.69) is 0 Å². The first-order valence-electron chi connectivity index (χ1n) is 3.98. The Morgan fingerprint density at radius 2 is 1.93 bits per heavy atom. The van der Waals surface area contributed by atoms with Gasteiger partial charge in [-0.15, -0.1) is 0 Å². The minimum Gasteiger partial charge on any atom is -0.302 e. The van der Waals surface area contributed by atoms with Gasteiger partial charge in [-0.05, 0) is 35.5 Å². The molecule has 0 saturated heterocycles. The Morgan fingerprint density at radius 1 is 1.36 bits per heavy atom. The zero-order valence-electron chi connectivity index (χ0n) is 7.28. The molecule has 0 aliphatic carbocycles. The van der Waals surface area contributed by atoms with E-state index >= 15 is 0 Å². The predicted octanol–water partition coefficient (Wildman–Crippen LogP) is 3.40. The van der Waals surface area contributed by atoms with Gasteiger partial charge in [0.1, 0.15) is 0 Å². The monoisotopic (exact) mass is 247 g/mol. The molecule has 1 aromatic carbocycles. The number of hydrogen-bond donors (Lipinski definition) is 0. The number of nitrogens with zero attached hydrogens (tertiary/aromatic N) is 1. The van der Waals surface area contributed by atoms with E-state index < -0.39 is 6.49 Å². The molecule has 1 rings (SSSR count). The average Bonchev–Trinajstić information content (AvgIpc) is 2.16. The molecule has 1 unspecified atom stereocenters. The lowest BCUT2D eigenvalue weighted by molar-refractivity contribution is 0.590. The fourth-order valence-electron chi connectivity index (χ4n) is 0.987. The van der Waals surface area contributed by atoms with Crippen LogP contribution in [0.1, 0.15) is 6.42 Å². The Morgan fingerprint density at radius 3 is 2.43 bits per heavy atom. The highest BCUT2D eigenvalue weighted by atomic mass is 35.7. The Kier molecular flexibility index (Phi) is 4.01. The van der Waals surface area contributed by atoms with Crippen molar-refractivity contribution in [2.45, 2.75) is 6.42 Å². The van der Waals surface area contributed by atoms with Gasteiger partial charge in [0.05, 0.1) is 6.07 Å². The van der Waals surface area contributed by atoms with Crippen LogP contribution in [-0.2, 0) is 4.57 Å². The van der Waals surface area contributed by atoms with E-state index in [0.29, 0.717) is 10.3 Å². The van der Waals surface area contributed by atoms with Crippen molar-refractivity contribution < 1.29 is 4.57 Å². The van der Waals surface area contributed by atoms with E-state index in [1.165, 1.54) is 0 Å². The summed E-state index contributed by atoms with van der Waals surface area (Å²) in [5, 5.41) is 9.50. The molecule has 0 heterocycles. The van der Waals surface area contributed by atoms with E-state index in [9.17, 15) is 4.57 Å². The molecule has 0 radical (unpaired) electrons. The third-order valence-electron chi connectivity index (χ3n) is 1.72. The van der Waals surface area contributed by atoms with Crippen LogP contribution >= 0.6 is 29.3 Å². The van der Waals surface area contributed by atoms with E-state index in [4.69, 9.17) is 28.1 Å². The molecule has 0 fully saturated rings. The largest absolute Gasteiger partial charge is 0.302 e. The highest BCUT2D eigenvalue weighted by Gasteiger charge is 2.20. The van der Waals surface area contributed by atoms with Crippen LogP contribution < -0.4 is 5.30 Å². The fraction of sp³-hybridized carbons (Fsp3) is 0.222. The number of nitriles is 1. The van der Waals surface area contributed by atoms with Gasteiger partial charge < -0.3 is 4.57 Å². The van der Waals surface area contributed by atoms with Crippen molar-refractivity contribution in [2.75, 3.05) is 6.16 Å². The summed E-state index contributed by atoms with van der Waals surface area (Å²) in [7, 11) is 0. The third kappa shape index (κ3) is 3.03. The van der Waals surface area contributed by atoms with Gasteiger partial charge in [0.15, 0.2) is 6.49 Å². The van der Waals surface area contributed by atoms with Crippen LogP contribution in [0, 0.1) is 11.3 Å². The van der Waals surface area contributed by atoms with E-state index in [1.54, 1.807) is 24.3 Å². The summed E-state index contributed by atoms with van der Waals surface area (Å²) in [5.74, 6) is 0. The number of halogens is 2. The standard InChI is InChI=1S/C9H8Cl2NOP/c10-8-2-4-9(5-3-8)14(11,13)7-1-6-12/h2-5H,1,7H2. The molecule has 0 spiro atoms. The second-order valence-corrected chi connectivity index (χ2v) is 7.10. The molecule has 0 N–H and O–H groups in total. The summed E-state index contributed by atoms with van der Waals surface area (Å²) in [6.07, 6.45) is 0.399. The highest BCUT2D eigenvalue weighted by Crippen LogP contribution is 2.50. The molecule has 0 bridgehead atoms. The molecule has 0 saturated carbocycles. The lowest BCUT2D eigenvalue weighted by Gasteiger charge is -2.08. The van der Waals surface area contributed by atoms with Crippen molar-refractivity contribution in [1.29, 1.82) is 5.26 Å². The Hall–Kier alpha value is -0.480. The molecule has 1 atom stereocenters. The van der Waals surface area contributed by atoms with Gasteiger partial charge in [-0.25, -0.2) is 0 Å². The first kappa shape index (κ1) is 11.6. The van der Waals surface area contributed by atoms with Crippen LogP contribution in [0.3, 0.4) is 0 Å². The summed E-state index contributed by atoms with van der Waals surface area (Å²) in [6, 6.07) is 8.46. The molecule has 0 aliphatic rings. The Balaban J connectivity index is 2.88. The zero-order valence-corrected chi connectivity index (χ0v) is 9.69. The molecule has 0 aromatic heterocycles. The second kappa shape index (κ2) is 4.84. The summed E-state index contributed by atoms with van der Waals surface area (Å²) in [5.41, 5.74) is 0. The SMILES string of the molecule is N#CCCP(=O)(Cl)c1ccc(Cl)cc1. The normalized spacial score (nSPS) is 14.4. The molecule has 1 aromatic rings. The number of hydrogen-bond acceptors (Lipinski definition) is 2. The zero-order chi connectivity index (χ0) is 10.6. The van der Waals surface area contributed by atoms with Crippen LogP contribution in [-0.4, -0.2) is 6.16 Å². The summed E-state index contributed by atoms with van der Waals surface area (Å²) < 4.78 is 11.9. The van der Waals surface area contributed by atoms with Gasteiger partial charge in [0.25, 0.3) is 0 Å². The third-order valence-corrected chi connectivity index (χ3v) is 4.94. The fourth-order valence-corrected chi connectivity index (χ4v) is 2.94. The Labute approximate surface area is 92.6 Å². The molecule has 14 heavy (non-hydrogen) atoms. The Bertz CT molecular complexity index is 396. The second-order valence-electron chi connectivity index (χ2n) is 2.76. The van der Waals surface area contributed by atoms with Crippen molar-refractivity contribution in [3.8, 4) is 6.07 Å². The van der Waals surface area contributed by atoms with Crippen LogP contribution in [0.4, 0.5) is 0 Å². The van der Waals surface area contributed by atoms with Gasteiger partial charge in [0, 0.05) is 22.9 Å². The maximum atomic E-state index is 11.9. The average molecular weight is 248 g/mol. The van der Waals surface area contributed by atoms with Gasteiger partial charge >= 0.3 is 0 Å². The topological polar surface area (TPSA) is 40.9 Å². The van der Waals surface area contributed by atoms with Gasteiger partial charge in [-0.3, -0.25) is 0 Å². The summed E-state index contributed by atoms with van der Waals surface area (Å²) in [6.45, 7) is -2.89. The maximum absolute atomic E-state index is 11.9. The molecule has 0 aliphatic heterocycles. The first-order valence-corrected chi connectivity index (χ1v) is 7.15. The molecule has 2 nitrogen and oxygen atoms in total. The number of rotatable bonds is 3. The predicted molar refractivity (Wildman–Crippen MR) is 59.6 cm³/mol. The lowest BCUT2D eigenvalue weighted by atomic mass is 10.4. The van der Waals surface area contributed by atoms with Crippen molar-refractivity contribution in [3.05, 3.63) is 29.3 Å². The van der Waals surface area contributed by atoms with E-state index in [-0.39, 0.29) is 12.6 Å². The molecule has 0 amide bonds.